The van der Waals surface area contributed by atoms with E-state index >= 15 is 0 Å². The number of nitrogens with zero attached hydrogens (tertiary/aromatic N) is 2. The average Bonchev–Trinajstić information content (AvgIpc) is 2.62. The van der Waals surface area contributed by atoms with E-state index in [0.29, 0.717) is 23.8 Å². The molecule has 1 fully saturated rings. The van der Waals surface area contributed by atoms with E-state index in [1.165, 1.54) is 6.42 Å². The van der Waals surface area contributed by atoms with Crippen molar-refractivity contribution in [3.63, 3.8) is 0 Å². The van der Waals surface area contributed by atoms with E-state index in [1.807, 2.05) is 0 Å². The van der Waals surface area contributed by atoms with Gasteiger partial charge in [0.15, 0.2) is 5.96 Å². The third kappa shape index (κ3) is 12.4. The second-order valence-corrected chi connectivity index (χ2v) is 8.54. The summed E-state index contributed by atoms with van der Waals surface area (Å²) in [5, 5.41) is 16.3. The normalized spacial score (nSPS) is 18.1. The van der Waals surface area contributed by atoms with E-state index in [4.69, 9.17) is 9.73 Å². The standard InChI is InChI=1S/C21H44N4O2.HI/c1-6-22-21(23-15-19(7-10-26)13-17(2)3)24-16-20(14-18(4)5)25-8-11-27-12-9-25;/h17-20,26H,6-16H2,1-5H3,(H2,22,23,24);1H. The predicted molar refractivity (Wildman–Crippen MR) is 130 cm³/mol. The molecule has 0 saturated carbocycles. The molecular formula is C21H45IN4O2. The van der Waals surface area contributed by atoms with Crippen molar-refractivity contribution in [3.05, 3.63) is 0 Å². The summed E-state index contributed by atoms with van der Waals surface area (Å²) in [6, 6.07) is 0.502. The number of guanidine groups is 1. The van der Waals surface area contributed by atoms with Gasteiger partial charge in [0.05, 0.1) is 13.2 Å². The van der Waals surface area contributed by atoms with Gasteiger partial charge in [0.25, 0.3) is 0 Å². The lowest BCUT2D eigenvalue weighted by molar-refractivity contribution is 0.0132. The molecular weight excluding hydrogens is 467 g/mol. The third-order valence-corrected chi connectivity index (χ3v) is 5.00. The van der Waals surface area contributed by atoms with Crippen LogP contribution in [0.3, 0.4) is 0 Å². The molecule has 1 saturated heterocycles. The molecule has 0 aromatic rings. The fourth-order valence-corrected chi connectivity index (χ4v) is 3.76. The minimum Gasteiger partial charge on any atom is -0.396 e. The zero-order valence-corrected chi connectivity index (χ0v) is 21.1. The number of ether oxygens (including phenoxy) is 1. The maximum atomic E-state index is 9.33. The summed E-state index contributed by atoms with van der Waals surface area (Å²) in [5.41, 5.74) is 0. The van der Waals surface area contributed by atoms with Gasteiger partial charge >= 0.3 is 0 Å². The molecule has 0 spiro atoms. The second-order valence-electron chi connectivity index (χ2n) is 8.54. The first-order chi connectivity index (χ1) is 13.0. The topological polar surface area (TPSA) is 69.1 Å². The van der Waals surface area contributed by atoms with Gasteiger partial charge in [-0.25, -0.2) is 0 Å². The largest absolute Gasteiger partial charge is 0.396 e. The second kappa shape index (κ2) is 16.7. The summed E-state index contributed by atoms with van der Waals surface area (Å²) in [6.45, 7) is 17.6. The first kappa shape index (κ1) is 27.9. The van der Waals surface area contributed by atoms with E-state index in [-0.39, 0.29) is 30.6 Å². The highest BCUT2D eigenvalue weighted by atomic mass is 127. The Morgan fingerprint density at radius 3 is 2.25 bits per heavy atom. The summed E-state index contributed by atoms with van der Waals surface area (Å²) < 4.78 is 5.52. The third-order valence-electron chi connectivity index (χ3n) is 5.00. The molecule has 0 aromatic heterocycles. The van der Waals surface area contributed by atoms with Crippen molar-refractivity contribution >= 4 is 29.9 Å². The van der Waals surface area contributed by atoms with Gasteiger partial charge in [-0.05, 0) is 43.9 Å². The Morgan fingerprint density at radius 2 is 1.71 bits per heavy atom. The van der Waals surface area contributed by atoms with Crippen molar-refractivity contribution < 1.29 is 9.84 Å². The number of halogens is 1. The Bertz CT molecular complexity index is 402. The van der Waals surface area contributed by atoms with Crippen molar-refractivity contribution in [2.24, 2.45) is 22.7 Å². The van der Waals surface area contributed by atoms with Gasteiger partial charge in [0.1, 0.15) is 0 Å². The minimum absolute atomic E-state index is 0. The van der Waals surface area contributed by atoms with Crippen molar-refractivity contribution in [2.45, 2.75) is 59.9 Å². The number of hydrogen-bond acceptors (Lipinski definition) is 4. The van der Waals surface area contributed by atoms with Gasteiger partial charge in [0.2, 0.25) is 0 Å². The van der Waals surface area contributed by atoms with Crippen molar-refractivity contribution in [3.8, 4) is 0 Å². The van der Waals surface area contributed by atoms with E-state index in [9.17, 15) is 5.11 Å². The molecule has 28 heavy (non-hydrogen) atoms. The monoisotopic (exact) mass is 512 g/mol. The maximum absolute atomic E-state index is 9.33. The molecule has 6 nitrogen and oxygen atoms in total. The first-order valence-corrected chi connectivity index (χ1v) is 10.9. The van der Waals surface area contributed by atoms with Crippen LogP contribution in [-0.2, 0) is 4.74 Å². The maximum Gasteiger partial charge on any atom is 0.191 e. The van der Waals surface area contributed by atoms with Gasteiger partial charge in [-0.1, -0.05) is 27.7 Å². The molecule has 1 aliphatic heterocycles. The van der Waals surface area contributed by atoms with Gasteiger partial charge in [-0.15, -0.1) is 24.0 Å². The van der Waals surface area contributed by atoms with E-state index in [1.54, 1.807) is 0 Å². The summed E-state index contributed by atoms with van der Waals surface area (Å²) in [5.74, 6) is 2.63. The zero-order chi connectivity index (χ0) is 20.1. The lowest BCUT2D eigenvalue weighted by atomic mass is 9.94. The highest BCUT2D eigenvalue weighted by Crippen LogP contribution is 2.16. The smallest absolute Gasteiger partial charge is 0.191 e. The molecule has 7 heteroatoms. The van der Waals surface area contributed by atoms with Crippen LogP contribution in [0.1, 0.15) is 53.9 Å². The molecule has 1 heterocycles. The Labute approximate surface area is 190 Å². The van der Waals surface area contributed by atoms with Crippen molar-refractivity contribution in [2.75, 3.05) is 52.5 Å². The van der Waals surface area contributed by atoms with Crippen LogP contribution in [-0.4, -0.2) is 74.6 Å². The van der Waals surface area contributed by atoms with E-state index < -0.39 is 0 Å². The predicted octanol–water partition coefficient (Wildman–Crippen LogP) is 2.95. The summed E-state index contributed by atoms with van der Waals surface area (Å²) in [7, 11) is 0. The molecule has 0 amide bonds. The van der Waals surface area contributed by atoms with Crippen LogP contribution in [0.5, 0.6) is 0 Å². The highest BCUT2D eigenvalue weighted by Gasteiger charge is 2.22. The molecule has 2 atom stereocenters. The van der Waals surface area contributed by atoms with Gasteiger partial charge in [0, 0.05) is 45.4 Å². The van der Waals surface area contributed by atoms with Crippen molar-refractivity contribution in [1.82, 2.24) is 15.5 Å². The average molecular weight is 513 g/mol. The number of rotatable bonds is 12. The van der Waals surface area contributed by atoms with Gasteiger partial charge in [-0.2, -0.15) is 0 Å². The van der Waals surface area contributed by atoms with Crippen LogP contribution in [0.25, 0.3) is 0 Å². The molecule has 0 aliphatic carbocycles. The zero-order valence-electron chi connectivity index (χ0n) is 18.7. The summed E-state index contributed by atoms with van der Waals surface area (Å²) >= 11 is 0. The Balaban J connectivity index is 0.00000729. The molecule has 2 unspecified atom stereocenters. The van der Waals surface area contributed by atoms with E-state index in [0.717, 1.165) is 64.7 Å². The van der Waals surface area contributed by atoms with Gasteiger partial charge < -0.3 is 20.5 Å². The molecule has 1 aliphatic rings. The molecule has 0 bridgehead atoms. The van der Waals surface area contributed by atoms with Crippen LogP contribution >= 0.6 is 24.0 Å². The van der Waals surface area contributed by atoms with Crippen LogP contribution in [0.2, 0.25) is 0 Å². The highest BCUT2D eigenvalue weighted by molar-refractivity contribution is 14.0. The number of hydrogen-bond donors (Lipinski definition) is 3. The minimum atomic E-state index is 0. The van der Waals surface area contributed by atoms with Crippen molar-refractivity contribution in [1.29, 1.82) is 0 Å². The molecule has 1 rings (SSSR count). The number of morpholine rings is 1. The number of nitrogens with one attached hydrogen (secondary N) is 2. The van der Waals surface area contributed by atoms with Crippen LogP contribution in [0, 0.1) is 17.8 Å². The summed E-state index contributed by atoms with van der Waals surface area (Å²) in [6.07, 6.45) is 3.10. The lowest BCUT2D eigenvalue weighted by Gasteiger charge is -2.35. The van der Waals surface area contributed by atoms with Gasteiger partial charge in [-0.3, -0.25) is 9.89 Å². The Kier molecular flexibility index (Phi) is 16.6. The number of aliphatic hydroxyl groups is 1. The SMILES string of the molecule is CCNC(=NCC(CCO)CC(C)C)NCC(CC(C)C)N1CCOCC1.I. The quantitative estimate of drug-likeness (QED) is 0.213. The first-order valence-electron chi connectivity index (χ1n) is 10.9. The lowest BCUT2D eigenvalue weighted by Crippen LogP contribution is -2.51. The number of aliphatic imine (C=N–C) groups is 1. The fraction of sp³-hybridized carbons (Fsp3) is 0.952. The molecule has 3 N–H and O–H groups in total. The fourth-order valence-electron chi connectivity index (χ4n) is 3.76. The summed E-state index contributed by atoms with van der Waals surface area (Å²) in [4.78, 5) is 7.37. The Morgan fingerprint density at radius 1 is 1.07 bits per heavy atom. The van der Waals surface area contributed by atoms with E-state index in [2.05, 4.69) is 50.2 Å². The number of aliphatic hydroxyl groups excluding tert-OH is 1. The molecule has 0 radical (unpaired) electrons. The van der Waals surface area contributed by atoms with Crippen LogP contribution in [0.15, 0.2) is 4.99 Å². The molecule has 0 aromatic carbocycles. The van der Waals surface area contributed by atoms with Crippen LogP contribution in [0.4, 0.5) is 0 Å². The Hall–Kier alpha value is -0.120. The van der Waals surface area contributed by atoms with Crippen LogP contribution < -0.4 is 10.6 Å². The molecule has 168 valence electrons.